The van der Waals surface area contributed by atoms with Gasteiger partial charge in [-0.05, 0) is 32.0 Å². The fourth-order valence-electron chi connectivity index (χ4n) is 2.00. The van der Waals surface area contributed by atoms with E-state index in [4.69, 9.17) is 0 Å². The highest BCUT2D eigenvalue weighted by Crippen LogP contribution is 2.19. The minimum atomic E-state index is -3.32. The molecule has 0 unspecified atom stereocenters. The van der Waals surface area contributed by atoms with Crippen LogP contribution >= 0.6 is 0 Å². The number of rotatable bonds is 3. The van der Waals surface area contributed by atoms with E-state index >= 15 is 0 Å². The van der Waals surface area contributed by atoms with Crippen molar-refractivity contribution in [2.45, 2.75) is 23.8 Å². The summed E-state index contributed by atoms with van der Waals surface area (Å²) in [5, 5.41) is 3.23. The molecule has 0 spiro atoms. The second kappa shape index (κ2) is 4.57. The van der Waals surface area contributed by atoms with Gasteiger partial charge in [0.05, 0.1) is 4.90 Å². The van der Waals surface area contributed by atoms with Crippen LogP contribution in [-0.4, -0.2) is 43.9 Å². The number of nitrogens with one attached hydrogen (secondary N) is 2. The van der Waals surface area contributed by atoms with Gasteiger partial charge in [0, 0.05) is 25.5 Å². The quantitative estimate of drug-likeness (QED) is 0.807. The Morgan fingerprint density at radius 2 is 2.06 bits per heavy atom. The Morgan fingerprint density at radius 1 is 1.38 bits per heavy atom. The lowest BCUT2D eigenvalue weighted by Crippen LogP contribution is -2.43. The molecule has 1 aromatic heterocycles. The molecule has 90 valence electrons. The summed E-state index contributed by atoms with van der Waals surface area (Å²) in [5.41, 5.74) is 0. The predicted octanol–water partition coefficient (Wildman–Crippen LogP) is 0.387. The lowest BCUT2D eigenvalue weighted by atomic mass is 10.1. The summed E-state index contributed by atoms with van der Waals surface area (Å²) >= 11 is 0. The molecule has 2 N–H and O–H groups in total. The van der Waals surface area contributed by atoms with E-state index in [0.717, 1.165) is 25.9 Å². The smallest absolute Gasteiger partial charge is 0.244 e. The molecule has 1 aromatic rings. The molecule has 0 aromatic carbocycles. The molecule has 1 saturated heterocycles. The standard InChI is InChI=1S/C10H17N3O2S/c1-13(9-2-5-11-6-3-9)16(14,15)10-4-7-12-8-10/h4,7-9,11-12H,2-3,5-6H2,1H3. The van der Waals surface area contributed by atoms with E-state index in [1.807, 2.05) is 0 Å². The number of hydrogen-bond donors (Lipinski definition) is 2. The number of aromatic nitrogens is 1. The molecule has 5 nitrogen and oxygen atoms in total. The highest BCUT2D eigenvalue weighted by molar-refractivity contribution is 7.89. The van der Waals surface area contributed by atoms with Gasteiger partial charge in [-0.25, -0.2) is 8.42 Å². The number of aromatic amines is 1. The van der Waals surface area contributed by atoms with Crippen LogP contribution in [0.3, 0.4) is 0 Å². The molecule has 0 aliphatic carbocycles. The zero-order chi connectivity index (χ0) is 11.6. The van der Waals surface area contributed by atoms with Gasteiger partial charge in [0.15, 0.2) is 0 Å². The molecule has 16 heavy (non-hydrogen) atoms. The van der Waals surface area contributed by atoms with Crippen LogP contribution in [0.1, 0.15) is 12.8 Å². The molecule has 1 aliphatic rings. The van der Waals surface area contributed by atoms with Crippen molar-refractivity contribution < 1.29 is 8.42 Å². The number of H-pyrrole nitrogens is 1. The lowest BCUT2D eigenvalue weighted by Gasteiger charge is -2.30. The first kappa shape index (κ1) is 11.6. The average Bonchev–Trinajstić information content (AvgIpc) is 2.83. The van der Waals surface area contributed by atoms with Crippen LogP contribution in [0.25, 0.3) is 0 Å². The topological polar surface area (TPSA) is 65.2 Å². The van der Waals surface area contributed by atoms with Crippen LogP contribution < -0.4 is 5.32 Å². The van der Waals surface area contributed by atoms with Gasteiger partial charge in [-0.2, -0.15) is 4.31 Å². The van der Waals surface area contributed by atoms with Crippen molar-refractivity contribution in [1.82, 2.24) is 14.6 Å². The minimum Gasteiger partial charge on any atom is -0.366 e. The Labute approximate surface area is 95.9 Å². The van der Waals surface area contributed by atoms with E-state index in [-0.39, 0.29) is 6.04 Å². The van der Waals surface area contributed by atoms with Crippen molar-refractivity contribution >= 4 is 10.0 Å². The third kappa shape index (κ3) is 2.14. The Bertz CT molecular complexity index is 421. The zero-order valence-electron chi connectivity index (χ0n) is 9.31. The molecule has 0 saturated carbocycles. The largest absolute Gasteiger partial charge is 0.366 e. The van der Waals surface area contributed by atoms with Gasteiger partial charge in [-0.15, -0.1) is 0 Å². The fourth-order valence-corrected chi connectivity index (χ4v) is 3.39. The first-order valence-electron chi connectivity index (χ1n) is 5.44. The normalized spacial score (nSPS) is 19.1. The average molecular weight is 243 g/mol. The second-order valence-electron chi connectivity index (χ2n) is 4.05. The second-order valence-corrected chi connectivity index (χ2v) is 6.05. The minimum absolute atomic E-state index is 0.112. The van der Waals surface area contributed by atoms with Crippen molar-refractivity contribution in [2.24, 2.45) is 0 Å². The number of sulfonamides is 1. The molecular weight excluding hydrogens is 226 g/mol. The SMILES string of the molecule is CN(C1CCNCC1)S(=O)(=O)c1cc[nH]c1. The van der Waals surface area contributed by atoms with Crippen LogP contribution in [0.15, 0.2) is 23.4 Å². The summed E-state index contributed by atoms with van der Waals surface area (Å²) in [5.74, 6) is 0. The van der Waals surface area contributed by atoms with Gasteiger partial charge in [-0.3, -0.25) is 0 Å². The van der Waals surface area contributed by atoms with Crippen LogP contribution in [0.2, 0.25) is 0 Å². The maximum absolute atomic E-state index is 12.2. The Kier molecular flexibility index (Phi) is 3.32. The summed E-state index contributed by atoms with van der Waals surface area (Å²) in [6, 6.07) is 1.70. The molecule has 0 amide bonds. The summed E-state index contributed by atoms with van der Waals surface area (Å²) in [4.78, 5) is 3.12. The highest BCUT2D eigenvalue weighted by Gasteiger charge is 2.28. The van der Waals surface area contributed by atoms with Crippen molar-refractivity contribution in [3.8, 4) is 0 Å². The van der Waals surface area contributed by atoms with E-state index in [2.05, 4.69) is 10.3 Å². The predicted molar refractivity (Wildman–Crippen MR) is 61.6 cm³/mol. The molecule has 0 bridgehead atoms. The van der Waals surface area contributed by atoms with Gasteiger partial charge in [-0.1, -0.05) is 0 Å². The van der Waals surface area contributed by atoms with E-state index in [1.54, 1.807) is 19.3 Å². The Hall–Kier alpha value is -0.850. The van der Waals surface area contributed by atoms with Crippen molar-refractivity contribution in [3.63, 3.8) is 0 Å². The first-order valence-corrected chi connectivity index (χ1v) is 6.88. The van der Waals surface area contributed by atoms with Crippen LogP contribution in [0, 0.1) is 0 Å². The van der Waals surface area contributed by atoms with Crippen molar-refractivity contribution in [2.75, 3.05) is 20.1 Å². The van der Waals surface area contributed by atoms with Gasteiger partial charge in [0.2, 0.25) is 10.0 Å². The Balaban J connectivity index is 2.17. The summed E-state index contributed by atoms with van der Waals surface area (Å²) in [6.07, 6.45) is 4.90. The molecule has 0 radical (unpaired) electrons. The lowest BCUT2D eigenvalue weighted by molar-refractivity contribution is 0.296. The van der Waals surface area contributed by atoms with E-state index in [1.165, 1.54) is 10.5 Å². The maximum atomic E-state index is 12.2. The van der Waals surface area contributed by atoms with Crippen LogP contribution in [0.5, 0.6) is 0 Å². The molecule has 2 rings (SSSR count). The van der Waals surface area contributed by atoms with Gasteiger partial charge in [0.1, 0.15) is 0 Å². The van der Waals surface area contributed by atoms with Crippen molar-refractivity contribution in [1.29, 1.82) is 0 Å². The summed E-state index contributed by atoms with van der Waals surface area (Å²) < 4.78 is 25.9. The first-order chi connectivity index (χ1) is 7.62. The highest BCUT2D eigenvalue weighted by atomic mass is 32.2. The molecule has 2 heterocycles. The maximum Gasteiger partial charge on any atom is 0.244 e. The summed E-state index contributed by atoms with van der Waals surface area (Å²) in [7, 11) is -1.66. The molecular formula is C10H17N3O2S. The van der Waals surface area contributed by atoms with Crippen LogP contribution in [0.4, 0.5) is 0 Å². The molecule has 6 heteroatoms. The van der Waals surface area contributed by atoms with Crippen LogP contribution in [-0.2, 0) is 10.0 Å². The molecule has 0 atom stereocenters. The van der Waals surface area contributed by atoms with E-state index < -0.39 is 10.0 Å². The fraction of sp³-hybridized carbons (Fsp3) is 0.600. The molecule has 1 fully saturated rings. The zero-order valence-corrected chi connectivity index (χ0v) is 10.1. The van der Waals surface area contributed by atoms with Gasteiger partial charge < -0.3 is 10.3 Å². The van der Waals surface area contributed by atoms with Crippen molar-refractivity contribution in [3.05, 3.63) is 18.5 Å². The number of hydrogen-bond acceptors (Lipinski definition) is 3. The third-order valence-electron chi connectivity index (χ3n) is 3.07. The van der Waals surface area contributed by atoms with Gasteiger partial charge in [0.25, 0.3) is 0 Å². The Morgan fingerprint density at radius 3 is 2.62 bits per heavy atom. The monoisotopic (exact) mass is 243 g/mol. The molecule has 1 aliphatic heterocycles. The van der Waals surface area contributed by atoms with E-state index in [0.29, 0.717) is 4.90 Å². The summed E-state index contributed by atoms with van der Waals surface area (Å²) in [6.45, 7) is 1.77. The van der Waals surface area contributed by atoms with E-state index in [9.17, 15) is 8.42 Å². The number of nitrogens with zero attached hydrogens (tertiary/aromatic N) is 1. The van der Waals surface area contributed by atoms with Gasteiger partial charge >= 0.3 is 0 Å². The third-order valence-corrected chi connectivity index (χ3v) is 4.98. The number of piperidine rings is 1.